The lowest BCUT2D eigenvalue weighted by molar-refractivity contribution is 0.00947. The Hall–Kier alpha value is -2.28. The van der Waals surface area contributed by atoms with Gasteiger partial charge in [0.1, 0.15) is 12.2 Å². The molecule has 0 bridgehead atoms. The number of hydrogen-bond acceptors (Lipinski definition) is 5. The summed E-state index contributed by atoms with van der Waals surface area (Å²) in [5.74, 6) is -0.127. The predicted molar refractivity (Wildman–Crippen MR) is 96.6 cm³/mol. The Labute approximate surface area is 154 Å². The number of rotatable bonds is 4. The van der Waals surface area contributed by atoms with Gasteiger partial charge in [-0.25, -0.2) is 9.59 Å². The van der Waals surface area contributed by atoms with Crippen LogP contribution in [0.2, 0.25) is 0 Å². The third-order valence-electron chi connectivity index (χ3n) is 4.16. The number of carbonyl (C=O) groups excluding carboxylic acids is 2. The lowest BCUT2D eigenvalue weighted by Crippen LogP contribution is -2.55. The molecule has 1 aromatic carbocycles. The Balaban J connectivity index is 1.89. The van der Waals surface area contributed by atoms with E-state index in [4.69, 9.17) is 9.47 Å². The summed E-state index contributed by atoms with van der Waals surface area (Å²) in [4.78, 5) is 25.9. The van der Waals surface area contributed by atoms with Gasteiger partial charge in [0, 0.05) is 25.6 Å². The van der Waals surface area contributed by atoms with Crippen LogP contribution >= 0.6 is 0 Å². The average molecular weight is 364 g/mol. The second-order valence-corrected chi connectivity index (χ2v) is 7.47. The minimum atomic E-state index is -0.581. The van der Waals surface area contributed by atoms with E-state index in [1.54, 1.807) is 4.90 Å². The van der Waals surface area contributed by atoms with Gasteiger partial charge in [0.2, 0.25) is 0 Å². The third kappa shape index (κ3) is 6.22. The normalized spacial score (nSPS) is 20.4. The Morgan fingerprint density at radius 2 is 1.96 bits per heavy atom. The van der Waals surface area contributed by atoms with Crippen molar-refractivity contribution in [1.82, 2.24) is 10.2 Å². The molecule has 0 aromatic heterocycles. The van der Waals surface area contributed by atoms with Gasteiger partial charge in [-0.05, 0) is 32.8 Å². The second kappa shape index (κ2) is 8.89. The fourth-order valence-corrected chi connectivity index (χ4v) is 2.79. The molecule has 1 saturated heterocycles. The highest BCUT2D eigenvalue weighted by Crippen LogP contribution is 2.20. The van der Waals surface area contributed by atoms with Gasteiger partial charge in [0.15, 0.2) is 0 Å². The van der Waals surface area contributed by atoms with E-state index in [0.29, 0.717) is 13.0 Å². The van der Waals surface area contributed by atoms with Gasteiger partial charge in [-0.15, -0.1) is 0 Å². The smallest absolute Gasteiger partial charge is 0.410 e. The fourth-order valence-electron chi connectivity index (χ4n) is 2.79. The molecule has 7 heteroatoms. The first kappa shape index (κ1) is 20.0. The number of carbonyl (C=O) groups is 2. The number of amides is 2. The standard InChI is InChI=1S/C19H28N2O5/c1-19(2,3)26-18(24)21-10-9-15(12-22)16(11-21)20-17(23)25-13-14-7-5-4-6-8-14/h4-8,15-16,22H,9-13H2,1-3H3,(H,20,23)/t15-,16-/m1/s1. The van der Waals surface area contributed by atoms with Gasteiger partial charge < -0.3 is 24.8 Å². The fraction of sp³-hybridized carbons (Fsp3) is 0.579. The second-order valence-electron chi connectivity index (χ2n) is 7.47. The van der Waals surface area contributed by atoms with Gasteiger partial charge in [0.05, 0.1) is 6.04 Å². The maximum atomic E-state index is 12.2. The highest BCUT2D eigenvalue weighted by Gasteiger charge is 2.34. The number of hydrogen-bond donors (Lipinski definition) is 2. The molecular formula is C19H28N2O5. The highest BCUT2D eigenvalue weighted by molar-refractivity contribution is 5.70. The number of nitrogens with one attached hydrogen (secondary N) is 1. The summed E-state index contributed by atoms with van der Waals surface area (Å²) in [6.07, 6.45) is -0.402. The molecule has 7 nitrogen and oxygen atoms in total. The van der Waals surface area contributed by atoms with Crippen LogP contribution < -0.4 is 5.32 Å². The quantitative estimate of drug-likeness (QED) is 0.857. The molecule has 1 aromatic rings. The van der Waals surface area contributed by atoms with Crippen molar-refractivity contribution < 1.29 is 24.2 Å². The van der Waals surface area contributed by atoms with E-state index in [1.807, 2.05) is 51.1 Å². The van der Waals surface area contributed by atoms with Gasteiger partial charge in [0.25, 0.3) is 0 Å². The molecule has 0 unspecified atom stereocenters. The molecule has 1 heterocycles. The molecule has 2 atom stereocenters. The Kier molecular flexibility index (Phi) is 6.85. The van der Waals surface area contributed by atoms with Crippen molar-refractivity contribution in [3.8, 4) is 0 Å². The molecule has 2 amide bonds. The van der Waals surface area contributed by atoms with E-state index in [1.165, 1.54) is 0 Å². The van der Waals surface area contributed by atoms with Crippen molar-refractivity contribution in [2.24, 2.45) is 5.92 Å². The number of ether oxygens (including phenoxy) is 2. The van der Waals surface area contributed by atoms with Crippen molar-refractivity contribution in [2.75, 3.05) is 19.7 Å². The molecule has 26 heavy (non-hydrogen) atoms. The van der Waals surface area contributed by atoms with Crippen LogP contribution in [0.4, 0.5) is 9.59 Å². The minimum absolute atomic E-state index is 0.0637. The first-order valence-corrected chi connectivity index (χ1v) is 8.84. The number of benzene rings is 1. The molecule has 1 fully saturated rings. The average Bonchev–Trinajstić information content (AvgIpc) is 2.59. The Bertz CT molecular complexity index is 600. The van der Waals surface area contributed by atoms with Gasteiger partial charge in [-0.1, -0.05) is 30.3 Å². The van der Waals surface area contributed by atoms with Crippen LogP contribution in [-0.2, 0) is 16.1 Å². The number of nitrogens with zero attached hydrogens (tertiary/aromatic N) is 1. The van der Waals surface area contributed by atoms with Crippen LogP contribution in [0.5, 0.6) is 0 Å². The topological polar surface area (TPSA) is 88.1 Å². The van der Waals surface area contributed by atoms with Crippen molar-refractivity contribution in [3.63, 3.8) is 0 Å². The molecule has 2 rings (SSSR count). The zero-order valence-corrected chi connectivity index (χ0v) is 15.6. The van der Waals surface area contributed by atoms with E-state index in [2.05, 4.69) is 5.32 Å². The van der Waals surface area contributed by atoms with E-state index >= 15 is 0 Å². The number of aliphatic hydroxyl groups is 1. The van der Waals surface area contributed by atoms with Crippen LogP contribution in [0, 0.1) is 5.92 Å². The minimum Gasteiger partial charge on any atom is -0.445 e. The van der Waals surface area contributed by atoms with Crippen LogP contribution in [0.25, 0.3) is 0 Å². The molecule has 144 valence electrons. The Morgan fingerprint density at radius 3 is 2.58 bits per heavy atom. The summed E-state index contributed by atoms with van der Waals surface area (Å²) in [7, 11) is 0. The van der Waals surface area contributed by atoms with Gasteiger partial charge >= 0.3 is 12.2 Å². The van der Waals surface area contributed by atoms with E-state index in [9.17, 15) is 14.7 Å². The zero-order chi connectivity index (χ0) is 19.2. The maximum absolute atomic E-state index is 12.2. The van der Waals surface area contributed by atoms with Crippen LogP contribution in [0.3, 0.4) is 0 Å². The Morgan fingerprint density at radius 1 is 1.27 bits per heavy atom. The number of alkyl carbamates (subject to hydrolysis) is 1. The third-order valence-corrected chi connectivity index (χ3v) is 4.16. The summed E-state index contributed by atoms with van der Waals surface area (Å²) < 4.78 is 10.6. The lowest BCUT2D eigenvalue weighted by atomic mass is 9.92. The summed E-state index contributed by atoms with van der Waals surface area (Å²) in [5.41, 5.74) is 0.308. The van der Waals surface area contributed by atoms with E-state index in [0.717, 1.165) is 5.56 Å². The molecule has 0 saturated carbocycles. The summed E-state index contributed by atoms with van der Waals surface area (Å²) in [5, 5.41) is 12.3. The van der Waals surface area contributed by atoms with Gasteiger partial charge in [-0.3, -0.25) is 0 Å². The van der Waals surface area contributed by atoms with Crippen LogP contribution in [0.15, 0.2) is 30.3 Å². The predicted octanol–water partition coefficient (Wildman–Crippen LogP) is 2.53. The van der Waals surface area contributed by atoms with Crippen molar-refractivity contribution in [3.05, 3.63) is 35.9 Å². The molecular weight excluding hydrogens is 336 g/mol. The zero-order valence-electron chi connectivity index (χ0n) is 15.6. The van der Waals surface area contributed by atoms with Gasteiger partial charge in [-0.2, -0.15) is 0 Å². The lowest BCUT2D eigenvalue weighted by Gasteiger charge is -2.38. The van der Waals surface area contributed by atoms with Crippen LogP contribution in [-0.4, -0.2) is 53.5 Å². The van der Waals surface area contributed by atoms with Crippen molar-refractivity contribution in [2.45, 2.75) is 45.4 Å². The monoisotopic (exact) mass is 364 g/mol. The number of piperidine rings is 1. The molecule has 0 spiro atoms. The van der Waals surface area contributed by atoms with Crippen molar-refractivity contribution >= 4 is 12.2 Å². The maximum Gasteiger partial charge on any atom is 0.410 e. The SMILES string of the molecule is CC(C)(C)OC(=O)N1CC[C@H](CO)[C@H](NC(=O)OCc2ccccc2)C1. The molecule has 1 aliphatic heterocycles. The molecule has 0 aliphatic carbocycles. The summed E-state index contributed by atoms with van der Waals surface area (Å²) in [6, 6.07) is 8.99. The van der Waals surface area contributed by atoms with Crippen LogP contribution in [0.1, 0.15) is 32.8 Å². The molecule has 1 aliphatic rings. The number of likely N-dealkylation sites (tertiary alicyclic amines) is 1. The van der Waals surface area contributed by atoms with E-state index < -0.39 is 17.8 Å². The number of aliphatic hydroxyl groups excluding tert-OH is 1. The largest absolute Gasteiger partial charge is 0.445 e. The summed E-state index contributed by atoms with van der Waals surface area (Å²) in [6.45, 7) is 6.29. The van der Waals surface area contributed by atoms with Crippen molar-refractivity contribution in [1.29, 1.82) is 0 Å². The molecule has 2 N–H and O–H groups in total. The molecule has 0 radical (unpaired) electrons. The first-order valence-electron chi connectivity index (χ1n) is 8.84. The summed E-state index contributed by atoms with van der Waals surface area (Å²) >= 11 is 0. The van der Waals surface area contributed by atoms with E-state index in [-0.39, 0.29) is 31.7 Å². The highest BCUT2D eigenvalue weighted by atomic mass is 16.6. The first-order chi connectivity index (χ1) is 12.3.